The molecular formula is C11H20N4S. The van der Waals surface area contributed by atoms with Gasteiger partial charge in [0.25, 0.3) is 0 Å². The number of nitrogens with two attached hydrogens (primary N) is 1. The van der Waals surface area contributed by atoms with E-state index in [1.165, 1.54) is 37.2 Å². The van der Waals surface area contributed by atoms with Gasteiger partial charge < -0.3 is 10.6 Å². The van der Waals surface area contributed by atoms with Crippen LogP contribution < -0.4 is 10.6 Å². The van der Waals surface area contributed by atoms with Crippen molar-refractivity contribution in [3.05, 3.63) is 0 Å². The molecule has 1 fully saturated rings. The zero-order valence-corrected chi connectivity index (χ0v) is 11.0. The molecule has 0 aromatic carbocycles. The molecule has 5 heteroatoms. The molecule has 0 amide bonds. The second kappa shape index (κ2) is 4.20. The van der Waals surface area contributed by atoms with Crippen molar-refractivity contribution in [1.82, 2.24) is 9.36 Å². The molecule has 1 aromatic rings. The second-order valence-electron chi connectivity index (χ2n) is 5.44. The van der Waals surface area contributed by atoms with Gasteiger partial charge in [-0.1, -0.05) is 13.8 Å². The van der Waals surface area contributed by atoms with E-state index in [-0.39, 0.29) is 0 Å². The highest BCUT2D eigenvalue weighted by atomic mass is 32.1. The first-order valence-corrected chi connectivity index (χ1v) is 6.57. The van der Waals surface area contributed by atoms with E-state index in [1.54, 1.807) is 0 Å². The van der Waals surface area contributed by atoms with Crippen LogP contribution in [0.3, 0.4) is 0 Å². The smallest absolute Gasteiger partial charge is 0.233 e. The molecule has 1 aliphatic carbocycles. The highest BCUT2D eigenvalue weighted by Crippen LogP contribution is 2.37. The molecule has 2 N–H and O–H groups in total. The first kappa shape index (κ1) is 11.6. The average Bonchev–Trinajstić information content (AvgIpc) is 2.64. The van der Waals surface area contributed by atoms with Crippen LogP contribution in [0.1, 0.15) is 39.5 Å². The summed E-state index contributed by atoms with van der Waals surface area (Å²) in [6, 6.07) is 0.598. The highest BCUT2D eigenvalue weighted by Gasteiger charge is 2.29. The summed E-state index contributed by atoms with van der Waals surface area (Å²) in [6.45, 7) is 4.71. The van der Waals surface area contributed by atoms with Gasteiger partial charge in [-0.15, -0.1) is 0 Å². The number of nitrogens with zero attached hydrogens (tertiary/aromatic N) is 3. The van der Waals surface area contributed by atoms with Gasteiger partial charge in [0.2, 0.25) is 11.1 Å². The van der Waals surface area contributed by atoms with E-state index in [1.807, 2.05) is 0 Å². The quantitative estimate of drug-likeness (QED) is 0.863. The first-order chi connectivity index (χ1) is 7.48. The Morgan fingerprint density at radius 3 is 2.50 bits per heavy atom. The monoisotopic (exact) mass is 240 g/mol. The lowest BCUT2D eigenvalue weighted by atomic mass is 9.75. The molecule has 0 spiro atoms. The van der Waals surface area contributed by atoms with Gasteiger partial charge in [-0.05, 0) is 31.1 Å². The van der Waals surface area contributed by atoms with E-state index in [9.17, 15) is 0 Å². The van der Waals surface area contributed by atoms with Crippen molar-refractivity contribution in [3.63, 3.8) is 0 Å². The molecule has 4 nitrogen and oxygen atoms in total. The van der Waals surface area contributed by atoms with Crippen LogP contribution in [0.4, 0.5) is 11.1 Å². The maximum Gasteiger partial charge on any atom is 0.233 e. The van der Waals surface area contributed by atoms with Gasteiger partial charge in [-0.3, -0.25) is 0 Å². The van der Waals surface area contributed by atoms with Crippen molar-refractivity contribution < 1.29 is 0 Å². The fourth-order valence-corrected chi connectivity index (χ4v) is 2.93. The lowest BCUT2D eigenvalue weighted by Gasteiger charge is -2.38. The van der Waals surface area contributed by atoms with Crippen LogP contribution in [0, 0.1) is 5.41 Å². The Morgan fingerprint density at radius 2 is 2.00 bits per heavy atom. The predicted octanol–water partition coefficient (Wildman–Crippen LogP) is 2.53. The van der Waals surface area contributed by atoms with Gasteiger partial charge in [0.15, 0.2) is 0 Å². The predicted molar refractivity (Wildman–Crippen MR) is 68.8 cm³/mol. The van der Waals surface area contributed by atoms with Gasteiger partial charge in [-0.25, -0.2) is 0 Å². The van der Waals surface area contributed by atoms with Crippen molar-refractivity contribution in [3.8, 4) is 0 Å². The number of aromatic nitrogens is 2. The molecule has 0 aliphatic heterocycles. The summed E-state index contributed by atoms with van der Waals surface area (Å²) in [4.78, 5) is 6.47. The van der Waals surface area contributed by atoms with E-state index in [0.29, 0.717) is 17.4 Å². The minimum Gasteiger partial charge on any atom is -0.367 e. The zero-order valence-electron chi connectivity index (χ0n) is 10.2. The topological polar surface area (TPSA) is 55.0 Å². The Labute approximate surface area is 101 Å². The summed E-state index contributed by atoms with van der Waals surface area (Å²) in [5.74, 6) is 0.392. The maximum absolute atomic E-state index is 5.55. The third-order valence-corrected chi connectivity index (χ3v) is 4.41. The second-order valence-corrected chi connectivity index (χ2v) is 6.17. The van der Waals surface area contributed by atoms with Crippen molar-refractivity contribution in [2.45, 2.75) is 45.6 Å². The van der Waals surface area contributed by atoms with Gasteiger partial charge in [0.1, 0.15) is 0 Å². The highest BCUT2D eigenvalue weighted by molar-refractivity contribution is 7.09. The van der Waals surface area contributed by atoms with Crippen LogP contribution in [0.2, 0.25) is 0 Å². The van der Waals surface area contributed by atoms with Gasteiger partial charge in [0, 0.05) is 24.6 Å². The molecule has 16 heavy (non-hydrogen) atoms. The van der Waals surface area contributed by atoms with E-state index in [0.717, 1.165) is 5.13 Å². The lowest BCUT2D eigenvalue weighted by molar-refractivity contribution is 0.222. The van der Waals surface area contributed by atoms with Crippen LogP contribution in [0.25, 0.3) is 0 Å². The lowest BCUT2D eigenvalue weighted by Crippen LogP contribution is -2.37. The SMILES string of the molecule is CN(c1nc(N)ns1)C1CCC(C)(C)CC1. The third-order valence-electron chi connectivity index (χ3n) is 3.59. The largest absolute Gasteiger partial charge is 0.367 e. The van der Waals surface area contributed by atoms with Crippen LogP contribution in [0.15, 0.2) is 0 Å². The summed E-state index contributed by atoms with van der Waals surface area (Å²) in [6.07, 6.45) is 5.05. The summed E-state index contributed by atoms with van der Waals surface area (Å²) in [5, 5.41) is 0.946. The average molecular weight is 240 g/mol. The number of rotatable bonds is 2. The zero-order chi connectivity index (χ0) is 11.8. The van der Waals surface area contributed by atoms with E-state index < -0.39 is 0 Å². The van der Waals surface area contributed by atoms with Crippen LogP contribution in [-0.2, 0) is 0 Å². The third kappa shape index (κ3) is 2.45. The molecule has 1 aliphatic rings. The summed E-state index contributed by atoms with van der Waals surface area (Å²) >= 11 is 1.39. The van der Waals surface area contributed by atoms with Crippen molar-refractivity contribution >= 4 is 22.6 Å². The fourth-order valence-electron chi connectivity index (χ4n) is 2.30. The molecule has 1 saturated carbocycles. The Bertz CT molecular complexity index is 351. The molecule has 0 atom stereocenters. The van der Waals surface area contributed by atoms with Crippen molar-refractivity contribution in [2.75, 3.05) is 17.7 Å². The van der Waals surface area contributed by atoms with Crippen LogP contribution in [-0.4, -0.2) is 22.4 Å². The number of nitrogen functional groups attached to an aromatic ring is 1. The maximum atomic E-state index is 5.55. The molecule has 2 rings (SSSR count). The fraction of sp³-hybridized carbons (Fsp3) is 0.818. The molecule has 0 saturated heterocycles. The first-order valence-electron chi connectivity index (χ1n) is 5.80. The van der Waals surface area contributed by atoms with Crippen LogP contribution >= 0.6 is 11.5 Å². The standard InChI is InChI=1S/C11H20N4S/c1-11(2)6-4-8(5-7-11)15(3)10-13-9(12)14-16-10/h8H,4-7H2,1-3H3,(H2,12,14). The summed E-state index contributed by atoms with van der Waals surface area (Å²) in [7, 11) is 2.10. The van der Waals surface area contributed by atoms with Crippen molar-refractivity contribution in [2.24, 2.45) is 5.41 Å². The van der Waals surface area contributed by atoms with Crippen molar-refractivity contribution in [1.29, 1.82) is 0 Å². The summed E-state index contributed by atoms with van der Waals surface area (Å²) < 4.78 is 4.03. The molecule has 0 bridgehead atoms. The molecule has 90 valence electrons. The Hall–Kier alpha value is -0.840. The molecule has 0 unspecified atom stereocenters. The number of hydrogen-bond donors (Lipinski definition) is 1. The van der Waals surface area contributed by atoms with E-state index >= 15 is 0 Å². The normalized spacial score (nSPS) is 20.9. The Morgan fingerprint density at radius 1 is 1.38 bits per heavy atom. The minimum atomic E-state index is 0.392. The number of anilines is 2. The van der Waals surface area contributed by atoms with Crippen LogP contribution in [0.5, 0.6) is 0 Å². The molecular weight excluding hydrogens is 220 g/mol. The Balaban J connectivity index is 1.99. The van der Waals surface area contributed by atoms with Gasteiger partial charge >= 0.3 is 0 Å². The Kier molecular flexibility index (Phi) is 3.06. The summed E-state index contributed by atoms with van der Waals surface area (Å²) in [5.41, 5.74) is 6.06. The van der Waals surface area contributed by atoms with E-state index in [2.05, 4.69) is 35.2 Å². The number of hydrogen-bond acceptors (Lipinski definition) is 5. The van der Waals surface area contributed by atoms with Gasteiger partial charge in [0.05, 0.1) is 0 Å². The van der Waals surface area contributed by atoms with E-state index in [4.69, 9.17) is 5.73 Å². The molecule has 0 radical (unpaired) electrons. The van der Waals surface area contributed by atoms with Gasteiger partial charge in [-0.2, -0.15) is 9.36 Å². The minimum absolute atomic E-state index is 0.392. The molecule has 1 aromatic heterocycles. The molecule has 1 heterocycles.